The first kappa shape index (κ1) is 19.2. The molecule has 7 heteroatoms. The highest BCUT2D eigenvalue weighted by Crippen LogP contribution is 2.34. The second-order valence-corrected chi connectivity index (χ2v) is 7.79. The minimum absolute atomic E-state index is 0.0587. The average molecular weight is 422 g/mol. The molecule has 1 amide bonds. The number of carbonyl (C=O) groups excluding carboxylic acids is 1. The first-order valence-electron chi connectivity index (χ1n) is 8.85. The summed E-state index contributed by atoms with van der Waals surface area (Å²) in [5.74, 6) is -1.19. The van der Waals surface area contributed by atoms with Gasteiger partial charge in [-0.2, -0.15) is 0 Å². The molecule has 0 aliphatic rings. The fourth-order valence-corrected chi connectivity index (χ4v) is 4.21. The fraction of sp³-hybridized carbons (Fsp3) is 0.0455. The van der Waals surface area contributed by atoms with Crippen LogP contribution in [0.4, 0.5) is 10.1 Å². The van der Waals surface area contributed by atoms with Crippen LogP contribution in [0.1, 0.15) is 15.9 Å². The molecule has 2 N–H and O–H groups in total. The molecule has 0 bridgehead atoms. The molecule has 0 radical (unpaired) electrons. The molecule has 144 valence electrons. The van der Waals surface area contributed by atoms with E-state index in [0.29, 0.717) is 0 Å². The number of hydrogen-bond acceptors (Lipinski definition) is 4. The summed E-state index contributed by atoms with van der Waals surface area (Å²) in [5, 5.41) is 6.56. The van der Waals surface area contributed by atoms with Crippen LogP contribution in [0.3, 0.4) is 0 Å². The minimum Gasteiger partial charge on any atom is -0.332 e. The lowest BCUT2D eigenvalue weighted by atomic mass is 10.1. The van der Waals surface area contributed by atoms with Gasteiger partial charge >= 0.3 is 0 Å². The summed E-state index contributed by atoms with van der Waals surface area (Å²) in [6, 6.07) is 19.5. The summed E-state index contributed by atoms with van der Waals surface area (Å²) >= 11 is 6.87. The van der Waals surface area contributed by atoms with Crippen molar-refractivity contribution in [1.82, 2.24) is 10.3 Å². The van der Waals surface area contributed by atoms with Crippen LogP contribution in [0.5, 0.6) is 0 Å². The third-order valence-electron chi connectivity index (χ3n) is 4.45. The number of nitrogens with zero attached hydrogens (tertiary/aromatic N) is 1. The summed E-state index contributed by atoms with van der Waals surface area (Å²) in [7, 11) is 0. The lowest BCUT2D eigenvalue weighted by molar-refractivity contribution is 0.0974. The molecule has 4 aromatic rings. The molecule has 0 fully saturated rings. The maximum atomic E-state index is 13.8. The van der Waals surface area contributed by atoms with E-state index in [2.05, 4.69) is 10.6 Å². The molecule has 3 aromatic carbocycles. The quantitative estimate of drug-likeness (QED) is 0.427. The number of thiazole rings is 1. The van der Waals surface area contributed by atoms with Gasteiger partial charge in [0, 0.05) is 11.3 Å². The third-order valence-corrected chi connectivity index (χ3v) is 5.73. The molecule has 0 aliphatic heterocycles. The molecular weight excluding hydrogens is 405 g/mol. The van der Waals surface area contributed by atoms with Crippen LogP contribution < -0.4 is 10.6 Å². The van der Waals surface area contributed by atoms with Crippen LogP contribution >= 0.6 is 23.6 Å². The van der Waals surface area contributed by atoms with Gasteiger partial charge in [0.25, 0.3) is 5.91 Å². The summed E-state index contributed by atoms with van der Waals surface area (Å²) < 4.78 is 14.9. The number of thiocarbonyl (C=S) groups is 1. The van der Waals surface area contributed by atoms with Crippen LogP contribution in [-0.4, -0.2) is 16.0 Å². The lowest BCUT2D eigenvalue weighted by Crippen LogP contribution is -2.34. The molecule has 0 spiro atoms. The van der Waals surface area contributed by atoms with Crippen molar-refractivity contribution >= 4 is 50.5 Å². The van der Waals surface area contributed by atoms with E-state index >= 15 is 0 Å². The van der Waals surface area contributed by atoms with Gasteiger partial charge in [-0.05, 0) is 55.0 Å². The van der Waals surface area contributed by atoms with Crippen molar-refractivity contribution < 1.29 is 9.18 Å². The van der Waals surface area contributed by atoms with Crippen LogP contribution in [0.25, 0.3) is 20.8 Å². The van der Waals surface area contributed by atoms with Gasteiger partial charge < -0.3 is 5.32 Å². The predicted molar refractivity (Wildman–Crippen MR) is 120 cm³/mol. The van der Waals surface area contributed by atoms with Crippen LogP contribution in [0, 0.1) is 12.7 Å². The molecule has 4 rings (SSSR count). The van der Waals surface area contributed by atoms with Crippen molar-refractivity contribution in [3.05, 3.63) is 83.7 Å². The van der Waals surface area contributed by atoms with E-state index in [1.165, 1.54) is 18.2 Å². The Bertz CT molecular complexity index is 1200. The third kappa shape index (κ3) is 4.01. The maximum Gasteiger partial charge on any atom is 0.260 e. The smallest absolute Gasteiger partial charge is 0.260 e. The van der Waals surface area contributed by atoms with Crippen molar-refractivity contribution in [3.8, 4) is 10.6 Å². The number of hydrogen-bond donors (Lipinski definition) is 2. The number of anilines is 1. The molecule has 29 heavy (non-hydrogen) atoms. The van der Waals surface area contributed by atoms with Gasteiger partial charge in [0.05, 0.1) is 15.8 Å². The molecule has 1 heterocycles. The van der Waals surface area contributed by atoms with Gasteiger partial charge in [-0.15, -0.1) is 11.3 Å². The van der Waals surface area contributed by atoms with Crippen molar-refractivity contribution in [2.75, 3.05) is 5.32 Å². The number of rotatable bonds is 3. The highest BCUT2D eigenvalue weighted by molar-refractivity contribution is 7.80. The highest BCUT2D eigenvalue weighted by Gasteiger charge is 2.14. The number of aromatic nitrogens is 1. The summed E-state index contributed by atoms with van der Waals surface area (Å²) in [4.78, 5) is 17.0. The van der Waals surface area contributed by atoms with Crippen LogP contribution in [-0.2, 0) is 0 Å². The fourth-order valence-electron chi connectivity index (χ4n) is 2.96. The van der Waals surface area contributed by atoms with Crippen LogP contribution in [0.2, 0.25) is 0 Å². The monoisotopic (exact) mass is 421 g/mol. The zero-order valence-electron chi connectivity index (χ0n) is 15.4. The van der Waals surface area contributed by atoms with E-state index in [4.69, 9.17) is 17.2 Å². The van der Waals surface area contributed by atoms with Gasteiger partial charge in [-0.3, -0.25) is 10.1 Å². The number of amides is 1. The van der Waals surface area contributed by atoms with Gasteiger partial charge in [0.1, 0.15) is 10.8 Å². The van der Waals surface area contributed by atoms with E-state index in [0.717, 1.165) is 32.0 Å². The Hall–Kier alpha value is -3.16. The van der Waals surface area contributed by atoms with E-state index in [1.807, 2.05) is 49.4 Å². The Morgan fingerprint density at radius 3 is 2.59 bits per heavy atom. The zero-order chi connectivity index (χ0) is 20.4. The topological polar surface area (TPSA) is 54.0 Å². The number of para-hydroxylation sites is 1. The van der Waals surface area contributed by atoms with Crippen molar-refractivity contribution in [3.63, 3.8) is 0 Å². The molecule has 0 unspecified atom stereocenters. The van der Waals surface area contributed by atoms with Crippen molar-refractivity contribution in [2.45, 2.75) is 6.92 Å². The van der Waals surface area contributed by atoms with Crippen molar-refractivity contribution in [2.24, 2.45) is 0 Å². The van der Waals surface area contributed by atoms with E-state index in [9.17, 15) is 9.18 Å². The Morgan fingerprint density at radius 1 is 1.03 bits per heavy atom. The Balaban J connectivity index is 1.55. The molecule has 0 saturated heterocycles. The average Bonchev–Trinajstić information content (AvgIpc) is 3.13. The Labute approximate surface area is 176 Å². The molecule has 0 aliphatic carbocycles. The molecule has 0 saturated carbocycles. The van der Waals surface area contributed by atoms with E-state index in [-0.39, 0.29) is 10.7 Å². The van der Waals surface area contributed by atoms with Crippen LogP contribution in [0.15, 0.2) is 66.7 Å². The first-order chi connectivity index (χ1) is 14.0. The zero-order valence-corrected chi connectivity index (χ0v) is 17.0. The Kier molecular flexibility index (Phi) is 5.33. The second-order valence-electron chi connectivity index (χ2n) is 6.35. The minimum atomic E-state index is -0.597. The Morgan fingerprint density at radius 2 is 1.79 bits per heavy atom. The summed E-state index contributed by atoms with van der Waals surface area (Å²) in [5.41, 5.74) is 3.59. The normalized spacial score (nSPS) is 10.7. The number of halogens is 1. The molecule has 4 nitrogen and oxygen atoms in total. The SMILES string of the molecule is Cc1c(NC(=S)NC(=O)c2ccccc2F)cccc1-c1nc2ccccc2s1. The molecule has 0 atom stereocenters. The summed E-state index contributed by atoms with van der Waals surface area (Å²) in [6.45, 7) is 1.96. The molecule has 1 aromatic heterocycles. The van der Waals surface area contributed by atoms with Gasteiger partial charge in [-0.1, -0.05) is 36.4 Å². The lowest BCUT2D eigenvalue weighted by Gasteiger charge is -2.14. The predicted octanol–water partition coefficient (Wildman–Crippen LogP) is 5.54. The number of benzene rings is 3. The van der Waals surface area contributed by atoms with Gasteiger partial charge in [0.15, 0.2) is 5.11 Å². The highest BCUT2D eigenvalue weighted by atomic mass is 32.1. The maximum absolute atomic E-state index is 13.8. The number of nitrogens with one attached hydrogen (secondary N) is 2. The van der Waals surface area contributed by atoms with E-state index in [1.54, 1.807) is 17.4 Å². The van der Waals surface area contributed by atoms with Crippen molar-refractivity contribution in [1.29, 1.82) is 0 Å². The van der Waals surface area contributed by atoms with Gasteiger partial charge in [-0.25, -0.2) is 9.37 Å². The number of carbonyl (C=O) groups is 1. The number of fused-ring (bicyclic) bond motifs is 1. The van der Waals surface area contributed by atoms with E-state index < -0.39 is 11.7 Å². The molecular formula is C22H16FN3OS2. The van der Waals surface area contributed by atoms with Gasteiger partial charge in [0.2, 0.25) is 0 Å². The largest absolute Gasteiger partial charge is 0.332 e. The standard InChI is InChI=1S/C22H16FN3OS2/c1-13-14(21-24-18-10-4-5-12-19(18)29-21)8-6-11-17(13)25-22(28)26-20(27)15-7-2-3-9-16(15)23/h2-12H,1H3,(H2,25,26,27,28). The first-order valence-corrected chi connectivity index (χ1v) is 10.1. The summed E-state index contributed by atoms with van der Waals surface area (Å²) in [6.07, 6.45) is 0. The second kappa shape index (κ2) is 8.06.